The van der Waals surface area contributed by atoms with Gasteiger partial charge in [0.2, 0.25) is 11.7 Å². The van der Waals surface area contributed by atoms with Crippen LogP contribution in [0.4, 0.5) is 0 Å². The van der Waals surface area contributed by atoms with Crippen molar-refractivity contribution in [3.8, 4) is 11.8 Å². The molecule has 34 heavy (non-hydrogen) atoms. The molecule has 0 aromatic heterocycles. The van der Waals surface area contributed by atoms with Gasteiger partial charge in [0, 0.05) is 67.8 Å². The van der Waals surface area contributed by atoms with Gasteiger partial charge in [-0.05, 0) is 38.5 Å². The van der Waals surface area contributed by atoms with Crippen molar-refractivity contribution in [2.45, 2.75) is 45.3 Å². The first-order valence-electron chi connectivity index (χ1n) is 11.5. The van der Waals surface area contributed by atoms with Gasteiger partial charge >= 0.3 is 0 Å². The van der Waals surface area contributed by atoms with E-state index in [4.69, 9.17) is 10.1 Å². The van der Waals surface area contributed by atoms with Crippen LogP contribution in [-0.4, -0.2) is 53.3 Å². The number of nitrogens with one attached hydrogen (secondary N) is 2. The zero-order valence-electron chi connectivity index (χ0n) is 19.5. The van der Waals surface area contributed by atoms with E-state index in [-0.39, 0.29) is 73.4 Å². The van der Waals surface area contributed by atoms with Crippen molar-refractivity contribution >= 4 is 18.0 Å². The summed E-state index contributed by atoms with van der Waals surface area (Å²) in [4.78, 5) is 17.3. The number of amides is 1. The van der Waals surface area contributed by atoms with Gasteiger partial charge in [-0.3, -0.25) is 4.79 Å². The zero-order chi connectivity index (χ0) is 23.5. The first-order chi connectivity index (χ1) is 15.9. The average molecular weight is 685 g/mol. The third-order valence-corrected chi connectivity index (χ3v) is 6.74. The van der Waals surface area contributed by atoms with Crippen molar-refractivity contribution < 1.29 is 50.7 Å². The Hall–Kier alpha value is -2.19. The second-order valence-electron chi connectivity index (χ2n) is 9.15. The first-order valence-corrected chi connectivity index (χ1v) is 11.5. The number of nitrogens with zero attached hydrogens (tertiary/aromatic N) is 2. The predicted octanol–water partition coefficient (Wildman–Crippen LogP) is 1.43. The number of benzene rings is 1. The number of hydrogen-bond donors (Lipinski definition) is 3. The van der Waals surface area contributed by atoms with Crippen LogP contribution in [0, 0.1) is 65.6 Å². The van der Waals surface area contributed by atoms with E-state index in [1.54, 1.807) is 18.2 Å². The molecule has 1 aromatic carbocycles. The second kappa shape index (κ2) is 11.5. The van der Waals surface area contributed by atoms with Crippen molar-refractivity contribution in [3.63, 3.8) is 0 Å². The summed E-state index contributed by atoms with van der Waals surface area (Å²) in [6.45, 7) is 4.15. The molecule has 1 heterocycles. The fourth-order valence-corrected chi connectivity index (χ4v) is 5.43. The molecule has 0 bridgehead atoms. The number of carbonyl (C=O) groups is 1. The molecule has 4 atom stereocenters. The number of rotatable bonds is 6. The number of fused-ring (bicyclic) bond motifs is 3. The van der Waals surface area contributed by atoms with E-state index in [9.17, 15) is 15.2 Å². The number of ether oxygens (including phenoxy) is 1. The number of nitriles is 1. The van der Waals surface area contributed by atoms with Gasteiger partial charge in [0.05, 0.1) is 24.3 Å². The second-order valence-corrected chi connectivity index (χ2v) is 9.15. The minimum Gasteiger partial charge on any atom is -0.491 e. The number of aliphatic hydroxyl groups excluding tert-OH is 1. The van der Waals surface area contributed by atoms with Gasteiger partial charge in [-0.2, -0.15) is 5.26 Å². The normalized spacial score (nSPS) is 25.4. The molecule has 0 radical (unpaired) electrons. The van der Waals surface area contributed by atoms with Gasteiger partial charge < -0.3 is 19.7 Å². The van der Waals surface area contributed by atoms with E-state index >= 15 is 0 Å². The van der Waals surface area contributed by atoms with Crippen molar-refractivity contribution in [1.29, 1.82) is 10.7 Å². The van der Waals surface area contributed by atoms with Crippen molar-refractivity contribution in [2.75, 3.05) is 13.2 Å². The van der Waals surface area contributed by atoms with Crippen LogP contribution in [0.3, 0.4) is 0 Å². The van der Waals surface area contributed by atoms with E-state index in [0.717, 1.165) is 18.4 Å². The molecule has 3 aliphatic rings. The third kappa shape index (κ3) is 5.38. The Bertz CT molecular complexity index is 1070. The summed E-state index contributed by atoms with van der Waals surface area (Å²) in [5.41, 5.74) is 1.99. The van der Waals surface area contributed by atoms with Gasteiger partial charge in [-0.1, -0.05) is 24.3 Å². The Kier molecular flexibility index (Phi) is 8.93. The minimum atomic E-state index is -0.0360. The molecule has 4 rings (SSSR count). The topological polar surface area (TPSA) is 111 Å². The van der Waals surface area contributed by atoms with Crippen LogP contribution < -0.4 is 9.73 Å². The van der Waals surface area contributed by atoms with Crippen LogP contribution in [0.2, 0.25) is 0 Å². The molecule has 8 heteroatoms. The maximum absolute atomic E-state index is 12.5. The average Bonchev–Trinajstić information content (AvgIpc) is 3.13. The van der Waals surface area contributed by atoms with E-state index < -0.39 is 0 Å². The SMILES string of the molecule is CC(C)Oc1ccc([C-]=[NH+]C(=N)C2=CC=CC3C2CCC2CC(=O)N(CCO)C23)cc1C#N.[U]. The van der Waals surface area contributed by atoms with E-state index in [1.807, 2.05) is 30.9 Å². The minimum absolute atomic E-state index is 0. The summed E-state index contributed by atoms with van der Waals surface area (Å²) in [6, 6.07) is 7.48. The first kappa shape index (κ1) is 26.4. The Morgan fingerprint density at radius 1 is 1.41 bits per heavy atom. The predicted molar refractivity (Wildman–Crippen MR) is 124 cm³/mol. The fraction of sp³-hybridized carbons (Fsp3) is 0.462. The maximum atomic E-state index is 12.5. The monoisotopic (exact) mass is 684 g/mol. The molecule has 4 unspecified atom stereocenters. The van der Waals surface area contributed by atoms with Gasteiger partial charge in [-0.25, -0.2) is 0 Å². The molecule has 3 N–H and O–H groups in total. The quantitative estimate of drug-likeness (QED) is 0.239. The van der Waals surface area contributed by atoms with Crippen molar-refractivity contribution in [3.05, 3.63) is 53.1 Å². The van der Waals surface area contributed by atoms with Crippen LogP contribution >= 0.6 is 0 Å². The molecular weight excluding hydrogens is 654 g/mol. The smallest absolute Gasteiger partial charge is 0.244 e. The number of β-amino-alcohol motifs (C(OH)–C–C–N with tert-alkyl or cyclic N) is 1. The van der Waals surface area contributed by atoms with Gasteiger partial charge in [-0.15, -0.1) is 23.1 Å². The summed E-state index contributed by atoms with van der Waals surface area (Å²) < 4.78 is 5.67. The number of hydrogen-bond acceptors (Lipinski definition) is 5. The Balaban J connectivity index is 0.00000324. The molecule has 1 saturated heterocycles. The van der Waals surface area contributed by atoms with E-state index in [1.165, 1.54) is 0 Å². The Morgan fingerprint density at radius 2 is 2.21 bits per heavy atom. The summed E-state index contributed by atoms with van der Waals surface area (Å²) in [6.07, 6.45) is 11.5. The van der Waals surface area contributed by atoms with Crippen LogP contribution in [0.5, 0.6) is 5.75 Å². The summed E-state index contributed by atoms with van der Waals surface area (Å²) in [7, 11) is 0. The molecule has 2 aliphatic carbocycles. The molecule has 1 aromatic rings. The van der Waals surface area contributed by atoms with Crippen molar-refractivity contribution in [2.24, 2.45) is 17.8 Å². The fourth-order valence-electron chi connectivity index (χ4n) is 5.43. The summed E-state index contributed by atoms with van der Waals surface area (Å²) in [5.74, 6) is 1.52. The standard InChI is InChI=1S/C26H30N4O3.U/c1-16(2)33-23-9-6-17(12-19(23)14-27)15-29-26(28)22-5-3-4-21-20(22)8-7-18-13-24(32)30(10-11-31)25(18)21;/h3-6,9,12,16,18,20-21,25,28-29,31H,7-8,10-11,13H2,1-2H3;. The number of allylic oxidation sites excluding steroid dienone is 2. The zero-order valence-corrected chi connectivity index (χ0v) is 23.7. The van der Waals surface area contributed by atoms with Gasteiger partial charge in [0.25, 0.3) is 0 Å². The van der Waals surface area contributed by atoms with Gasteiger partial charge in [0.1, 0.15) is 5.75 Å². The molecule has 1 amide bonds. The third-order valence-electron chi connectivity index (χ3n) is 6.74. The number of amidine groups is 1. The van der Waals surface area contributed by atoms with E-state index in [2.05, 4.69) is 23.4 Å². The van der Waals surface area contributed by atoms with E-state index in [0.29, 0.717) is 35.8 Å². The molecule has 2 fully saturated rings. The largest absolute Gasteiger partial charge is 0.491 e. The number of aliphatic hydroxyl groups is 1. The number of likely N-dealkylation sites (tertiary alicyclic amines) is 1. The van der Waals surface area contributed by atoms with Gasteiger partial charge in [0.15, 0.2) is 0 Å². The summed E-state index contributed by atoms with van der Waals surface area (Å²) >= 11 is 0. The van der Waals surface area contributed by atoms with Crippen LogP contribution in [-0.2, 0) is 4.79 Å². The maximum Gasteiger partial charge on any atom is 0.244 e. The van der Waals surface area contributed by atoms with Crippen molar-refractivity contribution in [1.82, 2.24) is 4.90 Å². The number of carbonyl (C=O) groups excluding carboxylic acids is 1. The van der Waals surface area contributed by atoms with Crippen LogP contribution in [0.15, 0.2) is 42.0 Å². The Labute approximate surface area is 224 Å². The van der Waals surface area contributed by atoms with Crippen LogP contribution in [0.25, 0.3) is 0 Å². The van der Waals surface area contributed by atoms with Crippen LogP contribution in [0.1, 0.15) is 44.2 Å². The summed E-state index contributed by atoms with van der Waals surface area (Å²) in [5, 5.41) is 27.5. The molecule has 7 nitrogen and oxygen atoms in total. The Morgan fingerprint density at radius 3 is 2.91 bits per heavy atom. The molecule has 1 saturated carbocycles. The molecule has 176 valence electrons. The molecule has 1 aliphatic heterocycles. The molecule has 0 spiro atoms. The molecular formula is C26H30N4O3U.